The molecular formula is C19H21N3O2. The van der Waals surface area contributed by atoms with Gasteiger partial charge in [-0.1, -0.05) is 13.0 Å². The first-order chi connectivity index (χ1) is 11.7. The summed E-state index contributed by atoms with van der Waals surface area (Å²) in [6.45, 7) is 2.03. The molecule has 0 bridgehead atoms. The first kappa shape index (κ1) is 17.5. The smallest absolute Gasteiger partial charge is 0.251 e. The Morgan fingerprint density at radius 2 is 1.96 bits per heavy atom. The van der Waals surface area contributed by atoms with Crippen LogP contribution in [0.5, 0.6) is 0 Å². The minimum atomic E-state index is -0.154. The first-order valence-corrected chi connectivity index (χ1v) is 7.95. The molecule has 2 aromatic rings. The lowest BCUT2D eigenvalue weighted by molar-refractivity contribution is 0.0929. The highest BCUT2D eigenvalue weighted by atomic mass is 16.3. The fourth-order valence-electron chi connectivity index (χ4n) is 2.34. The molecular weight excluding hydrogens is 302 g/mol. The number of nitrogens with one attached hydrogen (secondary N) is 2. The van der Waals surface area contributed by atoms with Crippen molar-refractivity contribution in [3.05, 3.63) is 59.7 Å². The maximum absolute atomic E-state index is 12.3. The van der Waals surface area contributed by atoms with Crippen LogP contribution in [0.1, 0.15) is 35.7 Å². The number of nitriles is 1. The van der Waals surface area contributed by atoms with E-state index in [0.29, 0.717) is 17.5 Å². The van der Waals surface area contributed by atoms with Crippen molar-refractivity contribution < 1.29 is 9.90 Å². The first-order valence-electron chi connectivity index (χ1n) is 7.95. The number of aliphatic hydroxyl groups is 1. The van der Waals surface area contributed by atoms with Gasteiger partial charge in [-0.2, -0.15) is 5.26 Å². The van der Waals surface area contributed by atoms with E-state index in [1.165, 1.54) is 0 Å². The highest BCUT2D eigenvalue weighted by Gasteiger charge is 2.12. The van der Waals surface area contributed by atoms with Crippen molar-refractivity contribution in [2.24, 2.45) is 0 Å². The van der Waals surface area contributed by atoms with Gasteiger partial charge in [0.15, 0.2) is 0 Å². The molecule has 3 N–H and O–H groups in total. The number of anilines is 2. The summed E-state index contributed by atoms with van der Waals surface area (Å²) in [6.07, 6.45) is 1.32. The second kappa shape index (κ2) is 8.70. The van der Waals surface area contributed by atoms with Crippen LogP contribution < -0.4 is 10.6 Å². The topological polar surface area (TPSA) is 85.2 Å². The molecule has 2 aromatic carbocycles. The van der Waals surface area contributed by atoms with Gasteiger partial charge >= 0.3 is 0 Å². The van der Waals surface area contributed by atoms with Gasteiger partial charge in [-0.25, -0.2) is 0 Å². The van der Waals surface area contributed by atoms with Crippen molar-refractivity contribution in [2.75, 3.05) is 11.9 Å². The van der Waals surface area contributed by atoms with Crippen LogP contribution in [-0.2, 0) is 0 Å². The molecule has 0 aliphatic heterocycles. The summed E-state index contributed by atoms with van der Waals surface area (Å²) in [5.74, 6) is -0.154. The lowest BCUT2D eigenvalue weighted by Crippen LogP contribution is -2.35. The highest BCUT2D eigenvalue weighted by Crippen LogP contribution is 2.18. The van der Waals surface area contributed by atoms with Gasteiger partial charge in [0.25, 0.3) is 5.91 Å². The molecule has 0 radical (unpaired) electrons. The second-order valence-corrected chi connectivity index (χ2v) is 5.49. The number of nitrogens with zero attached hydrogens (tertiary/aromatic N) is 1. The molecule has 1 amide bonds. The Bertz CT molecular complexity index is 720. The van der Waals surface area contributed by atoms with Gasteiger partial charge in [0.1, 0.15) is 0 Å². The third-order valence-electron chi connectivity index (χ3n) is 3.73. The SMILES string of the molecule is CCC(CCO)NC(=O)c1cccc(Nc2ccc(C#N)cc2)c1. The minimum absolute atomic E-state index is 0.0300. The summed E-state index contributed by atoms with van der Waals surface area (Å²) >= 11 is 0. The zero-order valence-electron chi connectivity index (χ0n) is 13.6. The molecule has 0 fully saturated rings. The van der Waals surface area contributed by atoms with Crippen molar-refractivity contribution in [2.45, 2.75) is 25.8 Å². The summed E-state index contributed by atoms with van der Waals surface area (Å²) in [6, 6.07) is 16.4. The van der Waals surface area contributed by atoms with E-state index in [2.05, 4.69) is 16.7 Å². The Morgan fingerprint density at radius 3 is 2.58 bits per heavy atom. The van der Waals surface area contributed by atoms with Gasteiger partial charge in [-0.15, -0.1) is 0 Å². The molecule has 0 saturated heterocycles. The number of benzene rings is 2. The molecule has 0 saturated carbocycles. The predicted molar refractivity (Wildman–Crippen MR) is 94.1 cm³/mol. The highest BCUT2D eigenvalue weighted by molar-refractivity contribution is 5.95. The maximum atomic E-state index is 12.3. The van der Waals surface area contributed by atoms with Crippen LogP contribution >= 0.6 is 0 Å². The Kier molecular flexibility index (Phi) is 6.35. The molecule has 24 heavy (non-hydrogen) atoms. The summed E-state index contributed by atoms with van der Waals surface area (Å²) in [5.41, 5.74) is 2.80. The maximum Gasteiger partial charge on any atom is 0.251 e. The Balaban J connectivity index is 2.07. The standard InChI is InChI=1S/C19H21N3O2/c1-2-16(10-11-23)22-19(24)15-4-3-5-18(12-15)21-17-8-6-14(13-20)7-9-17/h3-9,12,16,21,23H,2,10-11H2,1H3,(H,22,24). The normalized spacial score (nSPS) is 11.4. The van der Waals surface area contributed by atoms with Crippen LogP contribution in [0.4, 0.5) is 11.4 Å². The number of hydrogen-bond acceptors (Lipinski definition) is 4. The summed E-state index contributed by atoms with van der Waals surface area (Å²) in [4.78, 5) is 12.3. The predicted octanol–water partition coefficient (Wildman–Crippen LogP) is 3.19. The fraction of sp³-hybridized carbons (Fsp3) is 0.263. The van der Waals surface area contributed by atoms with Crippen LogP contribution in [-0.4, -0.2) is 23.7 Å². The van der Waals surface area contributed by atoms with Gasteiger partial charge < -0.3 is 15.7 Å². The minimum Gasteiger partial charge on any atom is -0.396 e. The van der Waals surface area contributed by atoms with Crippen molar-refractivity contribution in [1.82, 2.24) is 5.32 Å². The zero-order valence-corrected chi connectivity index (χ0v) is 13.6. The van der Waals surface area contributed by atoms with Gasteiger partial charge in [-0.3, -0.25) is 4.79 Å². The fourth-order valence-corrected chi connectivity index (χ4v) is 2.34. The van der Waals surface area contributed by atoms with Crippen LogP contribution in [0.15, 0.2) is 48.5 Å². The van der Waals surface area contributed by atoms with Gasteiger partial charge in [-0.05, 0) is 55.3 Å². The van der Waals surface area contributed by atoms with E-state index in [9.17, 15) is 4.79 Å². The van der Waals surface area contributed by atoms with Crippen molar-refractivity contribution in [3.63, 3.8) is 0 Å². The van der Waals surface area contributed by atoms with Crippen LogP contribution in [0.25, 0.3) is 0 Å². The molecule has 0 spiro atoms. The quantitative estimate of drug-likeness (QED) is 0.730. The van der Waals surface area contributed by atoms with Gasteiger partial charge in [0, 0.05) is 29.6 Å². The molecule has 124 valence electrons. The summed E-state index contributed by atoms with van der Waals surface area (Å²) < 4.78 is 0. The van der Waals surface area contributed by atoms with Crippen molar-refractivity contribution in [1.29, 1.82) is 5.26 Å². The number of hydrogen-bond donors (Lipinski definition) is 3. The molecule has 5 nitrogen and oxygen atoms in total. The Labute approximate surface area is 141 Å². The monoisotopic (exact) mass is 323 g/mol. The molecule has 1 atom stereocenters. The molecule has 1 unspecified atom stereocenters. The molecule has 0 heterocycles. The third kappa shape index (κ3) is 4.83. The number of amides is 1. The average Bonchev–Trinajstić information content (AvgIpc) is 2.62. The number of carbonyl (C=O) groups excluding carboxylic acids is 1. The van der Waals surface area contributed by atoms with E-state index in [-0.39, 0.29) is 18.6 Å². The van der Waals surface area contributed by atoms with Gasteiger partial charge in [0.05, 0.1) is 11.6 Å². The molecule has 2 rings (SSSR count). The summed E-state index contributed by atoms with van der Waals surface area (Å²) in [7, 11) is 0. The van der Waals surface area contributed by atoms with E-state index in [1.807, 2.05) is 31.2 Å². The van der Waals surface area contributed by atoms with E-state index in [1.54, 1.807) is 24.3 Å². The lowest BCUT2D eigenvalue weighted by atomic mass is 10.1. The largest absolute Gasteiger partial charge is 0.396 e. The Morgan fingerprint density at radius 1 is 1.21 bits per heavy atom. The zero-order chi connectivity index (χ0) is 17.4. The van der Waals surface area contributed by atoms with E-state index >= 15 is 0 Å². The third-order valence-corrected chi connectivity index (χ3v) is 3.73. The summed E-state index contributed by atoms with van der Waals surface area (Å²) in [5, 5.41) is 24.0. The molecule has 0 aliphatic carbocycles. The number of carbonyl (C=O) groups is 1. The van der Waals surface area contributed by atoms with Crippen LogP contribution in [0.3, 0.4) is 0 Å². The van der Waals surface area contributed by atoms with Crippen molar-refractivity contribution in [3.8, 4) is 6.07 Å². The lowest BCUT2D eigenvalue weighted by Gasteiger charge is -2.16. The molecule has 0 aromatic heterocycles. The van der Waals surface area contributed by atoms with Crippen LogP contribution in [0, 0.1) is 11.3 Å². The van der Waals surface area contributed by atoms with Crippen LogP contribution in [0.2, 0.25) is 0 Å². The average molecular weight is 323 g/mol. The Hall–Kier alpha value is -2.84. The molecule has 5 heteroatoms. The number of rotatable bonds is 7. The van der Waals surface area contributed by atoms with E-state index in [0.717, 1.165) is 17.8 Å². The number of aliphatic hydroxyl groups excluding tert-OH is 1. The molecule has 0 aliphatic rings. The van der Waals surface area contributed by atoms with Gasteiger partial charge in [0.2, 0.25) is 0 Å². The van der Waals surface area contributed by atoms with E-state index < -0.39 is 0 Å². The second-order valence-electron chi connectivity index (χ2n) is 5.49. The van der Waals surface area contributed by atoms with E-state index in [4.69, 9.17) is 10.4 Å². The van der Waals surface area contributed by atoms with Crippen molar-refractivity contribution >= 4 is 17.3 Å².